The molecular weight excluding hydrogens is 466 g/mol. The summed E-state index contributed by atoms with van der Waals surface area (Å²) < 4.78 is 8.43. The molecule has 157 valence electrons. The first-order valence-corrected chi connectivity index (χ1v) is 17.0. The Balaban J connectivity index is 1.36. The molecule has 0 bridgehead atoms. The fourth-order valence-electron chi connectivity index (χ4n) is 7.78. The molecule has 0 spiro atoms. The molecule has 2 nitrogen and oxygen atoms in total. The van der Waals surface area contributed by atoms with Crippen LogP contribution in [0.1, 0.15) is 11.1 Å². The van der Waals surface area contributed by atoms with Crippen molar-refractivity contribution in [2.75, 3.05) is 0 Å². The van der Waals surface area contributed by atoms with Crippen LogP contribution in [-0.2, 0) is 6.42 Å². The van der Waals surface area contributed by atoms with E-state index >= 15 is 0 Å². The summed E-state index contributed by atoms with van der Waals surface area (Å²) in [7, 11) is 2.42. The molecule has 0 atom stereocenters. The summed E-state index contributed by atoms with van der Waals surface area (Å²) in [6.07, 6.45) is 1.09. The molecule has 0 amide bonds. The van der Waals surface area contributed by atoms with Crippen molar-refractivity contribution < 1.29 is 0 Å². The van der Waals surface area contributed by atoms with E-state index in [2.05, 4.69) is 104 Å². The van der Waals surface area contributed by atoms with Crippen LogP contribution in [0.3, 0.4) is 0 Å². The molecule has 36 heavy (non-hydrogen) atoms. The number of hydrogen-bond acceptors (Lipinski definition) is 1. The van der Waals surface area contributed by atoms with Gasteiger partial charge < -0.3 is 0 Å². The molecule has 0 N–H and O–H groups in total. The topological polar surface area (TPSA) is 17.3 Å². The number of hydrogen-bond donors (Lipinski definition) is 0. The van der Waals surface area contributed by atoms with Crippen LogP contribution in [0.25, 0.3) is 27.5 Å². The summed E-state index contributed by atoms with van der Waals surface area (Å²) in [5.74, 6) is 0. The first kappa shape index (κ1) is 18.8. The summed E-state index contributed by atoms with van der Waals surface area (Å²) in [5, 5.41) is 4.51. The number of para-hydroxylation sites is 2. The monoisotopic (exact) mass is 482 g/mol. The van der Waals surface area contributed by atoms with Gasteiger partial charge in [-0.2, -0.15) is 0 Å². The Morgan fingerprint density at radius 1 is 0.917 bits per heavy atom. The Kier molecular flexibility index (Phi) is 2.92. The molecular formula is C25H15B7N2P2-. The van der Waals surface area contributed by atoms with Crippen molar-refractivity contribution in [2.45, 2.75) is 6.42 Å². The van der Waals surface area contributed by atoms with E-state index in [0.717, 1.165) is 18.8 Å². The van der Waals surface area contributed by atoms with Crippen LogP contribution in [0.2, 0.25) is 0 Å². The van der Waals surface area contributed by atoms with Crippen molar-refractivity contribution in [2.24, 2.45) is 4.52 Å². The summed E-state index contributed by atoms with van der Waals surface area (Å²) in [5.41, 5.74) is 11.7. The molecule has 11 heteroatoms. The van der Waals surface area contributed by atoms with Crippen LogP contribution in [0.5, 0.6) is 0 Å². The number of fused-ring (bicyclic) bond motifs is 10. The Hall–Kier alpha value is -2.34. The minimum atomic E-state index is -2.31. The quantitative estimate of drug-likeness (QED) is 0.267. The van der Waals surface area contributed by atoms with E-state index in [1.54, 1.807) is 10.8 Å². The molecule has 5 radical (unpaired) electrons. The van der Waals surface area contributed by atoms with Crippen molar-refractivity contribution in [3.05, 3.63) is 90.0 Å². The van der Waals surface area contributed by atoms with Gasteiger partial charge in [0.25, 0.3) is 0 Å². The van der Waals surface area contributed by atoms with Gasteiger partial charge in [-0.05, 0) is 0 Å². The van der Waals surface area contributed by atoms with Crippen molar-refractivity contribution in [1.29, 1.82) is 0 Å². The number of benzene rings is 4. The van der Waals surface area contributed by atoms with Gasteiger partial charge in [0, 0.05) is 0 Å². The number of aromatic nitrogens is 1. The first-order chi connectivity index (χ1) is 17.8. The average molecular weight is 481 g/mol. The minimum absolute atomic E-state index is 0.0947. The molecule has 6 aliphatic rings. The Labute approximate surface area is 214 Å². The van der Waals surface area contributed by atoms with Gasteiger partial charge in [0.05, 0.1) is 0 Å². The van der Waals surface area contributed by atoms with Gasteiger partial charge in [-0.3, -0.25) is 0 Å². The Morgan fingerprint density at radius 2 is 1.67 bits per heavy atom. The zero-order valence-corrected chi connectivity index (χ0v) is 21.3. The molecule has 4 aromatic carbocycles. The van der Waals surface area contributed by atoms with Gasteiger partial charge in [-0.25, -0.2) is 0 Å². The second kappa shape index (κ2) is 5.57. The van der Waals surface area contributed by atoms with Gasteiger partial charge in [-0.15, -0.1) is 0 Å². The zero-order valence-electron chi connectivity index (χ0n) is 19.5. The van der Waals surface area contributed by atoms with Crippen LogP contribution in [0.4, 0.5) is 0 Å². The van der Waals surface area contributed by atoms with Gasteiger partial charge in [-0.1, -0.05) is 0 Å². The average Bonchev–Trinajstić information content (AvgIpc) is 3.82. The third-order valence-electron chi connectivity index (χ3n) is 9.90. The van der Waals surface area contributed by atoms with Crippen molar-refractivity contribution in [1.82, 2.24) is 4.57 Å². The van der Waals surface area contributed by atoms with Crippen molar-refractivity contribution in [3.8, 4) is 5.69 Å². The number of nitrogens with zero attached hydrogens (tertiary/aromatic N) is 2. The van der Waals surface area contributed by atoms with Crippen LogP contribution in [-0.4, -0.2) is 50.8 Å². The third kappa shape index (κ3) is 1.92. The first-order valence-electron chi connectivity index (χ1n) is 13.1. The van der Waals surface area contributed by atoms with E-state index < -0.39 is 6.39 Å². The van der Waals surface area contributed by atoms with Crippen molar-refractivity contribution >= 4 is 104 Å². The molecule has 0 saturated carbocycles. The second-order valence-electron chi connectivity index (χ2n) is 11.6. The molecule has 4 saturated heterocycles. The van der Waals surface area contributed by atoms with E-state index in [1.165, 1.54) is 49.5 Å². The standard InChI is InChI=1S/C25H15B7N2P2/c1-3-9-18-15(7-1)13-16-14-22(36(27-30(36)28-36)33-35-31-26-32(31)35)23-17-8-2-5-11-20(17)34-21-12-6-4-10-19(21)29(18)24(16)25(23)34/h1-12,14H,13H2/q-1. The SMILES string of the molecule is [B]1B2[B-]P12(N=[P+]1B2[B-]B21)c1cc2c3c4c1c1ccccc1n4-c1ccccc1B3c1ccccc1C2. The predicted octanol–water partition coefficient (Wildman–Crippen LogP) is 2.31. The molecule has 1 aromatic heterocycles. The van der Waals surface area contributed by atoms with E-state index in [9.17, 15) is 0 Å². The maximum atomic E-state index is 5.82. The summed E-state index contributed by atoms with van der Waals surface area (Å²) in [4.78, 5) is 0. The zero-order chi connectivity index (χ0) is 23.0. The number of rotatable bonds is 2. The van der Waals surface area contributed by atoms with Crippen LogP contribution >= 0.6 is 13.9 Å². The fourth-order valence-corrected chi connectivity index (χ4v) is 17.1. The molecule has 4 fully saturated rings. The predicted molar refractivity (Wildman–Crippen MR) is 165 cm³/mol. The van der Waals surface area contributed by atoms with Gasteiger partial charge >= 0.3 is 215 Å². The van der Waals surface area contributed by atoms with Gasteiger partial charge in [0.2, 0.25) is 0 Å². The molecule has 0 aliphatic carbocycles. The van der Waals surface area contributed by atoms with Crippen LogP contribution in [0, 0.1) is 0 Å². The summed E-state index contributed by atoms with van der Waals surface area (Å²) >= 11 is 0. The maximum absolute atomic E-state index is 5.82. The molecule has 7 heterocycles. The van der Waals surface area contributed by atoms with E-state index in [1.807, 2.05) is 0 Å². The summed E-state index contributed by atoms with van der Waals surface area (Å²) in [6.45, 7) is 5.65. The van der Waals surface area contributed by atoms with E-state index in [0.29, 0.717) is 12.9 Å². The third-order valence-corrected chi connectivity index (χ3v) is 18.3. The van der Waals surface area contributed by atoms with E-state index in [4.69, 9.17) is 4.52 Å². The second-order valence-corrected chi connectivity index (χ2v) is 18.5. The van der Waals surface area contributed by atoms with Crippen LogP contribution < -0.4 is 21.7 Å². The Morgan fingerprint density at radius 3 is 2.47 bits per heavy atom. The molecule has 5 aromatic rings. The van der Waals surface area contributed by atoms with Crippen LogP contribution in [0.15, 0.2) is 83.4 Å². The van der Waals surface area contributed by atoms with Gasteiger partial charge in [0.15, 0.2) is 0 Å². The fraction of sp³-hybridized carbons (Fsp3) is 0.0400. The molecule has 6 aliphatic heterocycles. The normalized spacial score (nSPS) is 22.1. The Bertz CT molecular complexity index is 1970. The molecule has 11 rings (SSSR count). The molecule has 0 unspecified atom stereocenters. The van der Waals surface area contributed by atoms with E-state index in [-0.39, 0.29) is 7.47 Å². The van der Waals surface area contributed by atoms with Gasteiger partial charge in [0.1, 0.15) is 0 Å². The summed E-state index contributed by atoms with van der Waals surface area (Å²) in [6, 6.07) is 30.1. The van der Waals surface area contributed by atoms with Crippen molar-refractivity contribution in [3.63, 3.8) is 0 Å².